The summed E-state index contributed by atoms with van der Waals surface area (Å²) in [6, 6.07) is 6.23. The van der Waals surface area contributed by atoms with Crippen LogP contribution in [0.25, 0.3) is 0 Å². The fraction of sp³-hybridized carbons (Fsp3) is 0.625. The summed E-state index contributed by atoms with van der Waals surface area (Å²) < 4.78 is 5.08. The molecule has 1 aromatic rings. The Balaban J connectivity index is 2.08. The maximum absolute atomic E-state index is 6.43. The van der Waals surface area contributed by atoms with Crippen molar-refractivity contribution < 1.29 is 4.74 Å². The molecule has 0 aliphatic carbocycles. The second-order valence-electron chi connectivity index (χ2n) is 5.25. The molecule has 1 heterocycles. The number of hydrogen-bond donors (Lipinski definition) is 1. The van der Waals surface area contributed by atoms with Gasteiger partial charge in [0.1, 0.15) is 0 Å². The average molecular weight is 329 g/mol. The lowest BCUT2D eigenvalue weighted by Crippen LogP contribution is -2.38. The Kier molecular flexibility index (Phi) is 7.17. The van der Waals surface area contributed by atoms with Gasteiger partial charge in [-0.05, 0) is 18.6 Å². The summed E-state index contributed by atoms with van der Waals surface area (Å²) in [7, 11) is 1.72. The van der Waals surface area contributed by atoms with Gasteiger partial charge in [0.25, 0.3) is 0 Å². The minimum absolute atomic E-state index is 0.720. The number of thioether (sulfide) groups is 1. The Morgan fingerprint density at radius 1 is 1.48 bits per heavy atom. The first-order valence-corrected chi connectivity index (χ1v) is 9.02. The number of halogens is 1. The predicted molar refractivity (Wildman–Crippen MR) is 93.8 cm³/mol. The molecule has 0 saturated carbocycles. The summed E-state index contributed by atoms with van der Waals surface area (Å²) >= 11 is 8.52. The van der Waals surface area contributed by atoms with Crippen LogP contribution in [0.3, 0.4) is 0 Å². The highest BCUT2D eigenvalue weighted by Crippen LogP contribution is 2.31. The molecule has 0 aromatic heterocycles. The molecule has 0 amide bonds. The maximum Gasteiger partial charge on any atom is 0.0587 e. The van der Waals surface area contributed by atoms with Gasteiger partial charge >= 0.3 is 0 Å². The number of methoxy groups -OCH3 is 1. The molecule has 1 atom stereocenters. The molecular formula is C16H25ClN2OS. The first-order valence-electron chi connectivity index (χ1n) is 7.59. The van der Waals surface area contributed by atoms with Crippen molar-refractivity contribution in [3.63, 3.8) is 0 Å². The normalized spacial score (nSPS) is 19.0. The minimum Gasteiger partial charge on any atom is -0.383 e. The lowest BCUT2D eigenvalue weighted by Gasteiger charge is -2.35. The van der Waals surface area contributed by atoms with Crippen LogP contribution in [0.15, 0.2) is 18.2 Å². The number of rotatable bonds is 7. The van der Waals surface area contributed by atoms with E-state index in [1.807, 2.05) is 6.07 Å². The summed E-state index contributed by atoms with van der Waals surface area (Å²) in [5, 5.41) is 4.99. The molecule has 1 aromatic carbocycles. The third kappa shape index (κ3) is 4.78. The average Bonchev–Trinajstić information content (AvgIpc) is 2.52. The van der Waals surface area contributed by atoms with E-state index < -0.39 is 0 Å². The van der Waals surface area contributed by atoms with Crippen LogP contribution in [0, 0.1) is 0 Å². The van der Waals surface area contributed by atoms with E-state index in [4.69, 9.17) is 16.3 Å². The molecule has 0 bridgehead atoms. The number of hydrogen-bond acceptors (Lipinski definition) is 4. The topological polar surface area (TPSA) is 24.5 Å². The van der Waals surface area contributed by atoms with Crippen molar-refractivity contribution in [3.05, 3.63) is 28.8 Å². The largest absolute Gasteiger partial charge is 0.383 e. The van der Waals surface area contributed by atoms with Crippen molar-refractivity contribution in [2.45, 2.75) is 25.1 Å². The van der Waals surface area contributed by atoms with E-state index in [-0.39, 0.29) is 0 Å². The van der Waals surface area contributed by atoms with E-state index in [1.54, 1.807) is 7.11 Å². The molecule has 1 unspecified atom stereocenters. The summed E-state index contributed by atoms with van der Waals surface area (Å²) in [6.45, 7) is 6.84. The molecule has 5 heteroatoms. The van der Waals surface area contributed by atoms with Crippen LogP contribution in [0.5, 0.6) is 0 Å². The van der Waals surface area contributed by atoms with Crippen molar-refractivity contribution in [2.75, 3.05) is 44.0 Å². The van der Waals surface area contributed by atoms with E-state index >= 15 is 0 Å². The second kappa shape index (κ2) is 8.89. The van der Waals surface area contributed by atoms with Crippen molar-refractivity contribution in [1.82, 2.24) is 5.32 Å². The third-order valence-corrected chi connectivity index (χ3v) is 5.54. The Bertz CT molecular complexity index is 444. The first kappa shape index (κ1) is 16.9. The number of benzene rings is 1. The highest BCUT2D eigenvalue weighted by atomic mass is 35.5. The van der Waals surface area contributed by atoms with Gasteiger partial charge < -0.3 is 15.0 Å². The van der Waals surface area contributed by atoms with Gasteiger partial charge in [0.05, 0.1) is 6.61 Å². The molecule has 1 saturated heterocycles. The van der Waals surface area contributed by atoms with Gasteiger partial charge in [-0.3, -0.25) is 0 Å². The zero-order valence-corrected chi connectivity index (χ0v) is 14.5. The van der Waals surface area contributed by atoms with Crippen LogP contribution in [0.1, 0.15) is 18.9 Å². The molecule has 2 rings (SSSR count). The zero-order chi connectivity index (χ0) is 15.1. The smallest absolute Gasteiger partial charge is 0.0587 e. The van der Waals surface area contributed by atoms with Gasteiger partial charge in [-0.25, -0.2) is 0 Å². The van der Waals surface area contributed by atoms with Crippen molar-refractivity contribution >= 4 is 29.1 Å². The monoisotopic (exact) mass is 328 g/mol. The van der Waals surface area contributed by atoms with Crippen LogP contribution in [-0.4, -0.2) is 44.4 Å². The van der Waals surface area contributed by atoms with Crippen LogP contribution in [-0.2, 0) is 11.3 Å². The Morgan fingerprint density at radius 3 is 3.10 bits per heavy atom. The van der Waals surface area contributed by atoms with Crippen LogP contribution < -0.4 is 10.2 Å². The maximum atomic E-state index is 6.43. The van der Waals surface area contributed by atoms with Gasteiger partial charge in [-0.1, -0.05) is 24.6 Å². The summed E-state index contributed by atoms with van der Waals surface area (Å²) in [5.74, 6) is 1.20. The minimum atomic E-state index is 0.720. The SMILES string of the molecule is CCC1CN(c2cccc(Cl)c2CNCCOC)CCS1. The molecule has 21 heavy (non-hydrogen) atoms. The van der Waals surface area contributed by atoms with E-state index in [2.05, 4.69) is 41.0 Å². The Hall–Kier alpha value is -0.420. The van der Waals surface area contributed by atoms with Gasteiger partial charge in [0.15, 0.2) is 0 Å². The Morgan fingerprint density at radius 2 is 2.33 bits per heavy atom. The molecule has 1 fully saturated rings. The molecule has 1 N–H and O–H groups in total. The van der Waals surface area contributed by atoms with Gasteiger partial charge in [-0.15, -0.1) is 0 Å². The van der Waals surface area contributed by atoms with E-state index in [9.17, 15) is 0 Å². The molecular weight excluding hydrogens is 304 g/mol. The number of nitrogens with zero attached hydrogens (tertiary/aromatic N) is 1. The van der Waals surface area contributed by atoms with Crippen molar-refractivity contribution in [3.8, 4) is 0 Å². The summed E-state index contributed by atoms with van der Waals surface area (Å²) in [4.78, 5) is 2.49. The first-order chi connectivity index (χ1) is 10.3. The zero-order valence-electron chi connectivity index (χ0n) is 12.9. The van der Waals surface area contributed by atoms with Crippen LogP contribution in [0.2, 0.25) is 5.02 Å². The highest BCUT2D eigenvalue weighted by molar-refractivity contribution is 8.00. The van der Waals surface area contributed by atoms with Gasteiger partial charge in [0, 0.05) is 60.6 Å². The quantitative estimate of drug-likeness (QED) is 0.775. The predicted octanol–water partition coefficient (Wildman–Crippen LogP) is 3.41. The second-order valence-corrected chi connectivity index (χ2v) is 7.07. The van der Waals surface area contributed by atoms with Crippen molar-refractivity contribution in [1.29, 1.82) is 0 Å². The molecule has 0 spiro atoms. The van der Waals surface area contributed by atoms with Crippen molar-refractivity contribution in [2.24, 2.45) is 0 Å². The number of nitrogens with one attached hydrogen (secondary N) is 1. The fourth-order valence-electron chi connectivity index (χ4n) is 2.59. The lowest BCUT2D eigenvalue weighted by molar-refractivity contribution is 0.199. The molecule has 0 radical (unpaired) electrons. The third-order valence-electron chi connectivity index (χ3n) is 3.81. The molecule has 1 aliphatic heterocycles. The van der Waals surface area contributed by atoms with Gasteiger partial charge in [0.2, 0.25) is 0 Å². The number of ether oxygens (including phenoxy) is 1. The summed E-state index contributed by atoms with van der Waals surface area (Å²) in [6.07, 6.45) is 1.23. The summed E-state index contributed by atoms with van der Waals surface area (Å²) in [5.41, 5.74) is 2.49. The molecule has 1 aliphatic rings. The van der Waals surface area contributed by atoms with Crippen LogP contribution >= 0.6 is 23.4 Å². The lowest BCUT2D eigenvalue weighted by atomic mass is 10.1. The van der Waals surface area contributed by atoms with E-state index in [1.165, 1.54) is 23.4 Å². The molecule has 118 valence electrons. The molecule has 3 nitrogen and oxygen atoms in total. The number of anilines is 1. The van der Waals surface area contributed by atoms with Gasteiger partial charge in [-0.2, -0.15) is 11.8 Å². The van der Waals surface area contributed by atoms with Crippen LogP contribution in [0.4, 0.5) is 5.69 Å². The van der Waals surface area contributed by atoms with E-state index in [0.29, 0.717) is 0 Å². The Labute approximate surface area is 137 Å². The highest BCUT2D eigenvalue weighted by Gasteiger charge is 2.21. The van der Waals surface area contributed by atoms with E-state index in [0.717, 1.165) is 43.1 Å². The standard InChI is InChI=1S/C16H25ClN2OS/c1-3-13-12-19(8-10-21-13)16-6-4-5-15(17)14(16)11-18-7-9-20-2/h4-6,13,18H,3,7-12H2,1-2H3. The fourth-order valence-corrected chi connectivity index (χ4v) is 4.01.